The van der Waals surface area contributed by atoms with Crippen molar-refractivity contribution in [1.29, 1.82) is 0 Å². The van der Waals surface area contributed by atoms with Crippen molar-refractivity contribution in [1.82, 2.24) is 19.5 Å². The number of hydrogen-bond acceptors (Lipinski definition) is 7. The predicted molar refractivity (Wildman–Crippen MR) is 123 cm³/mol. The number of fused-ring (bicyclic) bond motifs is 1. The first-order valence-electron chi connectivity index (χ1n) is 11.2. The third-order valence-corrected chi connectivity index (χ3v) is 6.70. The molecule has 2 aliphatic rings. The minimum atomic E-state index is -0.837. The topological polar surface area (TPSA) is 120 Å². The van der Waals surface area contributed by atoms with E-state index in [2.05, 4.69) is 20.6 Å². The van der Waals surface area contributed by atoms with Gasteiger partial charge in [0.2, 0.25) is 17.8 Å². The standard InChI is InChI=1S/C22H24ClF2N7O2/c23-15-7-12(24)8-16(25)18(15)30-22-29-17-9-27-21(28-13-5-6-34-10-13)31-20(17)32(22)14-3-1-11(2-4-14)19(26)33/h7-9,11,13-14H,1-6,10H2,(H2,26,33)(H,29,30)(H,27,28,31). The molecule has 34 heavy (non-hydrogen) atoms. The van der Waals surface area contributed by atoms with Crippen LogP contribution in [0.2, 0.25) is 5.02 Å². The Kier molecular flexibility index (Phi) is 6.22. The minimum Gasteiger partial charge on any atom is -0.379 e. The van der Waals surface area contributed by atoms with E-state index in [0.717, 1.165) is 18.6 Å². The SMILES string of the molecule is NC(=O)C1CCC(n2c(Nc3c(F)cc(F)cc3Cl)nc3cnc(NC4CCOC4)nc32)CC1. The molecule has 12 heteroatoms. The van der Waals surface area contributed by atoms with Crippen molar-refractivity contribution >= 4 is 46.3 Å². The van der Waals surface area contributed by atoms with Gasteiger partial charge in [0.05, 0.1) is 29.6 Å². The van der Waals surface area contributed by atoms with Crippen molar-refractivity contribution in [3.05, 3.63) is 35.0 Å². The Labute approximate surface area is 199 Å². The van der Waals surface area contributed by atoms with Crippen LogP contribution in [0, 0.1) is 17.6 Å². The molecule has 2 aromatic heterocycles. The van der Waals surface area contributed by atoms with Gasteiger partial charge in [-0.2, -0.15) is 4.98 Å². The summed E-state index contributed by atoms with van der Waals surface area (Å²) in [6.07, 6.45) is 5.03. The van der Waals surface area contributed by atoms with Crippen LogP contribution < -0.4 is 16.4 Å². The van der Waals surface area contributed by atoms with Crippen LogP contribution in [-0.2, 0) is 9.53 Å². The predicted octanol–water partition coefficient (Wildman–Crippen LogP) is 3.92. The molecular weight excluding hydrogens is 468 g/mol. The molecule has 1 saturated heterocycles. The third-order valence-electron chi connectivity index (χ3n) is 6.40. The van der Waals surface area contributed by atoms with E-state index in [1.54, 1.807) is 6.20 Å². The van der Waals surface area contributed by atoms with Crippen LogP contribution >= 0.6 is 11.6 Å². The van der Waals surface area contributed by atoms with Crippen molar-refractivity contribution in [2.75, 3.05) is 23.8 Å². The van der Waals surface area contributed by atoms with Gasteiger partial charge in [-0.05, 0) is 38.2 Å². The van der Waals surface area contributed by atoms with Crippen LogP contribution in [0.5, 0.6) is 0 Å². The smallest absolute Gasteiger partial charge is 0.225 e. The van der Waals surface area contributed by atoms with Gasteiger partial charge >= 0.3 is 0 Å². The molecule has 9 nitrogen and oxygen atoms in total. The average Bonchev–Trinajstić information content (AvgIpc) is 3.43. The fourth-order valence-corrected chi connectivity index (χ4v) is 4.86. The number of nitrogens with zero attached hydrogens (tertiary/aromatic N) is 4. The number of imidazole rings is 1. The molecule has 0 spiro atoms. The quantitative estimate of drug-likeness (QED) is 0.478. The molecule has 1 aromatic carbocycles. The number of halogens is 3. The monoisotopic (exact) mass is 491 g/mol. The van der Waals surface area contributed by atoms with Crippen LogP contribution in [0.1, 0.15) is 38.1 Å². The number of nitrogens with two attached hydrogens (primary N) is 1. The van der Waals surface area contributed by atoms with E-state index in [9.17, 15) is 13.6 Å². The molecule has 5 rings (SSSR count). The van der Waals surface area contributed by atoms with Crippen molar-refractivity contribution in [2.24, 2.45) is 11.7 Å². The summed E-state index contributed by atoms with van der Waals surface area (Å²) in [5.41, 5.74) is 6.48. The summed E-state index contributed by atoms with van der Waals surface area (Å²) in [6, 6.07) is 1.83. The van der Waals surface area contributed by atoms with E-state index < -0.39 is 11.6 Å². The zero-order valence-electron chi connectivity index (χ0n) is 18.2. The summed E-state index contributed by atoms with van der Waals surface area (Å²) in [5, 5.41) is 6.10. The normalized spacial score (nSPS) is 22.7. The van der Waals surface area contributed by atoms with Crippen molar-refractivity contribution in [3.63, 3.8) is 0 Å². The van der Waals surface area contributed by atoms with Gasteiger partial charge in [-0.15, -0.1) is 0 Å². The van der Waals surface area contributed by atoms with Gasteiger partial charge in [-0.3, -0.25) is 9.36 Å². The molecule has 2 fully saturated rings. The highest BCUT2D eigenvalue weighted by molar-refractivity contribution is 6.33. The largest absolute Gasteiger partial charge is 0.379 e. The molecule has 180 valence electrons. The molecule has 0 radical (unpaired) electrons. The average molecular weight is 492 g/mol. The number of rotatable bonds is 6. The van der Waals surface area contributed by atoms with Crippen LogP contribution in [0.3, 0.4) is 0 Å². The molecule has 1 atom stereocenters. The Morgan fingerprint density at radius 1 is 1.18 bits per heavy atom. The minimum absolute atomic E-state index is 0.0667. The first kappa shape index (κ1) is 22.7. The fourth-order valence-electron chi connectivity index (χ4n) is 4.62. The van der Waals surface area contributed by atoms with Crippen LogP contribution in [-0.4, -0.2) is 44.7 Å². The van der Waals surface area contributed by atoms with E-state index >= 15 is 0 Å². The van der Waals surface area contributed by atoms with Crippen molar-refractivity contribution in [3.8, 4) is 0 Å². The van der Waals surface area contributed by atoms with Gasteiger partial charge in [-0.25, -0.2) is 18.7 Å². The van der Waals surface area contributed by atoms with Crippen LogP contribution in [0.4, 0.5) is 26.4 Å². The summed E-state index contributed by atoms with van der Waals surface area (Å²) < 4.78 is 35.4. The molecule has 3 aromatic rings. The summed E-state index contributed by atoms with van der Waals surface area (Å²) in [7, 11) is 0. The highest BCUT2D eigenvalue weighted by Gasteiger charge is 2.30. The number of carbonyl (C=O) groups excluding carboxylic acids is 1. The lowest BCUT2D eigenvalue weighted by Crippen LogP contribution is -2.29. The number of anilines is 3. The number of aromatic nitrogens is 4. The summed E-state index contributed by atoms with van der Waals surface area (Å²) in [4.78, 5) is 25.3. The summed E-state index contributed by atoms with van der Waals surface area (Å²) in [6.45, 7) is 1.26. The van der Waals surface area contributed by atoms with E-state index in [4.69, 9.17) is 27.1 Å². The Morgan fingerprint density at radius 2 is 1.97 bits per heavy atom. The lowest BCUT2D eigenvalue weighted by Gasteiger charge is -2.29. The maximum absolute atomic E-state index is 14.5. The van der Waals surface area contributed by atoms with E-state index in [0.29, 0.717) is 62.0 Å². The number of hydrogen-bond donors (Lipinski definition) is 3. The van der Waals surface area contributed by atoms with E-state index in [1.165, 1.54) is 0 Å². The second-order valence-electron chi connectivity index (χ2n) is 8.69. The number of benzene rings is 1. The highest BCUT2D eigenvalue weighted by Crippen LogP contribution is 2.38. The molecule has 1 amide bonds. The molecule has 1 unspecified atom stereocenters. The second-order valence-corrected chi connectivity index (χ2v) is 9.10. The van der Waals surface area contributed by atoms with Gasteiger partial charge in [0, 0.05) is 24.6 Å². The lowest BCUT2D eigenvalue weighted by atomic mass is 9.85. The molecule has 3 heterocycles. The Bertz CT molecular complexity index is 1200. The first-order chi connectivity index (χ1) is 16.4. The van der Waals surface area contributed by atoms with E-state index in [1.807, 2.05) is 4.57 Å². The van der Waals surface area contributed by atoms with Crippen LogP contribution in [0.15, 0.2) is 18.3 Å². The number of primary amides is 1. The molecule has 0 bridgehead atoms. The molecule has 4 N–H and O–H groups in total. The molecule has 1 aliphatic heterocycles. The van der Waals surface area contributed by atoms with Gasteiger partial charge in [0.25, 0.3) is 0 Å². The molecular formula is C22H24ClF2N7O2. The van der Waals surface area contributed by atoms with Crippen molar-refractivity contribution in [2.45, 2.75) is 44.2 Å². The number of nitrogens with one attached hydrogen (secondary N) is 2. The zero-order chi connectivity index (χ0) is 23.8. The van der Waals surface area contributed by atoms with Crippen LogP contribution in [0.25, 0.3) is 11.2 Å². The lowest BCUT2D eigenvalue weighted by molar-refractivity contribution is -0.122. The maximum Gasteiger partial charge on any atom is 0.225 e. The maximum atomic E-state index is 14.5. The third kappa shape index (κ3) is 4.49. The van der Waals surface area contributed by atoms with Gasteiger partial charge in [0.15, 0.2) is 11.5 Å². The Balaban J connectivity index is 1.54. The van der Waals surface area contributed by atoms with Gasteiger partial charge in [0.1, 0.15) is 11.3 Å². The molecule has 1 aliphatic carbocycles. The summed E-state index contributed by atoms with van der Waals surface area (Å²) >= 11 is 6.12. The zero-order valence-corrected chi connectivity index (χ0v) is 19.0. The van der Waals surface area contributed by atoms with Crippen molar-refractivity contribution < 1.29 is 18.3 Å². The van der Waals surface area contributed by atoms with E-state index in [-0.39, 0.29) is 34.6 Å². The Hall–Kier alpha value is -3.05. The first-order valence-corrected chi connectivity index (χ1v) is 11.6. The fraction of sp³-hybridized carbons (Fsp3) is 0.455. The van der Waals surface area contributed by atoms with Gasteiger partial charge in [-0.1, -0.05) is 11.6 Å². The molecule has 1 saturated carbocycles. The highest BCUT2D eigenvalue weighted by atomic mass is 35.5. The summed E-state index contributed by atoms with van der Waals surface area (Å²) in [5.74, 6) is -1.35. The second kappa shape index (κ2) is 9.30. The number of amides is 1. The number of carbonyl (C=O) groups is 1. The van der Waals surface area contributed by atoms with Gasteiger partial charge < -0.3 is 21.1 Å². The Morgan fingerprint density at radius 3 is 2.65 bits per heavy atom. The number of ether oxygens (including phenoxy) is 1.